The van der Waals surface area contributed by atoms with Crippen LogP contribution in [0.3, 0.4) is 0 Å². The second-order valence-corrected chi connectivity index (χ2v) is 6.04. The zero-order valence-corrected chi connectivity index (χ0v) is 12.8. The van der Waals surface area contributed by atoms with Crippen molar-refractivity contribution in [2.24, 2.45) is 0 Å². The molecule has 0 saturated carbocycles. The molecule has 0 unspecified atom stereocenters. The van der Waals surface area contributed by atoms with Gasteiger partial charge in [-0.25, -0.2) is 9.78 Å². The van der Waals surface area contributed by atoms with E-state index in [1.807, 2.05) is 17.6 Å². The van der Waals surface area contributed by atoms with E-state index in [1.165, 1.54) is 0 Å². The molecule has 0 radical (unpaired) electrons. The number of nitrogens with zero attached hydrogens (tertiary/aromatic N) is 3. The third kappa shape index (κ3) is 2.96. The molecule has 110 valence electrons. The van der Waals surface area contributed by atoms with Crippen molar-refractivity contribution < 1.29 is 9.90 Å². The number of halogens is 1. The minimum atomic E-state index is -1.000. The topological polar surface area (TPSA) is 56.7 Å². The van der Waals surface area contributed by atoms with Crippen molar-refractivity contribution in [1.29, 1.82) is 0 Å². The first-order valence-corrected chi connectivity index (χ1v) is 7.83. The Labute approximate surface area is 131 Å². The van der Waals surface area contributed by atoms with Crippen LogP contribution in [0.15, 0.2) is 29.8 Å². The molecule has 0 bridgehead atoms. The lowest BCUT2D eigenvalue weighted by atomic mass is 10.2. The summed E-state index contributed by atoms with van der Waals surface area (Å²) >= 11 is 7.67. The minimum Gasteiger partial charge on any atom is -0.478 e. The van der Waals surface area contributed by atoms with Gasteiger partial charge in [-0.05, 0) is 18.2 Å². The average molecular weight is 324 g/mol. The molecular formula is C14H14ClN3O2S. The highest BCUT2D eigenvalue weighted by Gasteiger charge is 2.20. The van der Waals surface area contributed by atoms with Gasteiger partial charge in [0.05, 0.1) is 10.6 Å². The maximum Gasteiger partial charge on any atom is 0.337 e. The number of carboxylic acids is 1. The maximum atomic E-state index is 11.0. The van der Waals surface area contributed by atoms with Gasteiger partial charge in [-0.3, -0.25) is 0 Å². The highest BCUT2D eigenvalue weighted by molar-refractivity contribution is 7.13. The van der Waals surface area contributed by atoms with Gasteiger partial charge in [0, 0.05) is 43.4 Å². The van der Waals surface area contributed by atoms with Crippen molar-refractivity contribution in [2.75, 3.05) is 36.0 Å². The number of aromatic carboxylic acids is 1. The molecule has 2 aromatic rings. The standard InChI is InChI=1S/C14H14ClN3O2S/c15-12-9-10(1-2-11(12)13(19)20)17-4-6-18(7-5-17)14-16-3-8-21-14/h1-3,8-9H,4-7H2,(H,19,20). The Morgan fingerprint density at radius 3 is 2.52 bits per heavy atom. The molecule has 7 heteroatoms. The van der Waals surface area contributed by atoms with Crippen LogP contribution >= 0.6 is 22.9 Å². The van der Waals surface area contributed by atoms with Crippen LogP contribution in [-0.4, -0.2) is 42.2 Å². The molecule has 1 saturated heterocycles. The predicted octanol–water partition coefficient (Wildman–Crippen LogP) is 2.82. The maximum absolute atomic E-state index is 11.0. The molecule has 21 heavy (non-hydrogen) atoms. The van der Waals surface area contributed by atoms with Crippen LogP contribution in [-0.2, 0) is 0 Å². The summed E-state index contributed by atoms with van der Waals surface area (Å²) in [6.07, 6.45) is 1.82. The molecule has 1 aromatic heterocycles. The van der Waals surface area contributed by atoms with E-state index in [-0.39, 0.29) is 10.6 Å². The van der Waals surface area contributed by atoms with E-state index >= 15 is 0 Å². The smallest absolute Gasteiger partial charge is 0.337 e. The lowest BCUT2D eigenvalue weighted by Gasteiger charge is -2.36. The molecule has 0 aliphatic carbocycles. The Hall–Kier alpha value is -1.79. The van der Waals surface area contributed by atoms with Crippen LogP contribution in [0.1, 0.15) is 10.4 Å². The third-order valence-electron chi connectivity index (χ3n) is 3.52. The first-order chi connectivity index (χ1) is 10.1. The van der Waals surface area contributed by atoms with Crippen molar-refractivity contribution in [2.45, 2.75) is 0 Å². The number of hydrogen-bond acceptors (Lipinski definition) is 5. The SMILES string of the molecule is O=C(O)c1ccc(N2CCN(c3nccs3)CC2)cc1Cl. The quantitative estimate of drug-likeness (QED) is 0.941. The summed E-state index contributed by atoms with van der Waals surface area (Å²) in [5.41, 5.74) is 1.10. The van der Waals surface area contributed by atoms with E-state index in [0.29, 0.717) is 0 Å². The van der Waals surface area contributed by atoms with Crippen LogP contribution in [0, 0.1) is 0 Å². The predicted molar refractivity (Wildman–Crippen MR) is 85.0 cm³/mol. The van der Waals surface area contributed by atoms with Gasteiger partial charge in [0.1, 0.15) is 0 Å². The first kappa shape index (κ1) is 14.2. The largest absolute Gasteiger partial charge is 0.478 e. The minimum absolute atomic E-state index is 0.141. The molecule has 3 rings (SSSR count). The second kappa shape index (κ2) is 5.91. The average Bonchev–Trinajstić information content (AvgIpc) is 3.01. The number of thiazole rings is 1. The van der Waals surface area contributed by atoms with Crippen LogP contribution in [0.25, 0.3) is 0 Å². The van der Waals surface area contributed by atoms with Gasteiger partial charge in [0.15, 0.2) is 5.13 Å². The number of carboxylic acid groups (broad SMARTS) is 1. The highest BCUT2D eigenvalue weighted by atomic mass is 35.5. The summed E-state index contributed by atoms with van der Waals surface area (Å²) in [7, 11) is 0. The summed E-state index contributed by atoms with van der Waals surface area (Å²) in [5, 5.41) is 12.3. The third-order valence-corrected chi connectivity index (χ3v) is 4.66. The summed E-state index contributed by atoms with van der Waals surface area (Å²) in [6, 6.07) is 5.10. The van der Waals surface area contributed by atoms with Gasteiger partial charge in [-0.1, -0.05) is 11.6 Å². The van der Waals surface area contributed by atoms with Crippen LogP contribution < -0.4 is 9.80 Å². The number of piperazine rings is 1. The molecular weight excluding hydrogens is 310 g/mol. The van der Waals surface area contributed by atoms with Crippen molar-refractivity contribution in [3.05, 3.63) is 40.4 Å². The number of aromatic nitrogens is 1. The lowest BCUT2D eigenvalue weighted by Crippen LogP contribution is -2.46. The Bertz CT molecular complexity index is 640. The van der Waals surface area contributed by atoms with Gasteiger partial charge < -0.3 is 14.9 Å². The van der Waals surface area contributed by atoms with E-state index in [2.05, 4.69) is 14.8 Å². The second-order valence-electron chi connectivity index (χ2n) is 4.76. The summed E-state index contributed by atoms with van der Waals surface area (Å²) in [6.45, 7) is 3.52. The van der Waals surface area contributed by atoms with E-state index in [4.69, 9.17) is 16.7 Å². The number of rotatable bonds is 3. The van der Waals surface area contributed by atoms with Crippen LogP contribution in [0.4, 0.5) is 10.8 Å². The van der Waals surface area contributed by atoms with E-state index in [0.717, 1.165) is 37.0 Å². The molecule has 0 spiro atoms. The Morgan fingerprint density at radius 2 is 1.95 bits per heavy atom. The van der Waals surface area contributed by atoms with Crippen LogP contribution in [0.2, 0.25) is 5.02 Å². The van der Waals surface area contributed by atoms with E-state index in [1.54, 1.807) is 23.5 Å². The fourth-order valence-electron chi connectivity index (χ4n) is 2.40. The summed E-state index contributed by atoms with van der Waals surface area (Å²) in [4.78, 5) is 19.8. The monoisotopic (exact) mass is 323 g/mol. The van der Waals surface area contributed by atoms with E-state index in [9.17, 15) is 4.79 Å². The Balaban J connectivity index is 1.69. The van der Waals surface area contributed by atoms with Crippen molar-refractivity contribution in [3.8, 4) is 0 Å². The molecule has 1 aromatic carbocycles. The fourth-order valence-corrected chi connectivity index (χ4v) is 3.35. The first-order valence-electron chi connectivity index (χ1n) is 6.57. The fraction of sp³-hybridized carbons (Fsp3) is 0.286. The summed E-state index contributed by atoms with van der Waals surface area (Å²) in [5.74, 6) is -1.000. The molecule has 0 amide bonds. The molecule has 1 N–H and O–H groups in total. The zero-order chi connectivity index (χ0) is 14.8. The van der Waals surface area contributed by atoms with Crippen LogP contribution in [0.5, 0.6) is 0 Å². The lowest BCUT2D eigenvalue weighted by molar-refractivity contribution is 0.0697. The van der Waals surface area contributed by atoms with Gasteiger partial charge in [0.2, 0.25) is 0 Å². The van der Waals surface area contributed by atoms with Gasteiger partial charge in [-0.15, -0.1) is 11.3 Å². The normalized spacial score (nSPS) is 15.3. The van der Waals surface area contributed by atoms with Crippen molar-refractivity contribution in [3.63, 3.8) is 0 Å². The molecule has 5 nitrogen and oxygen atoms in total. The molecule has 1 fully saturated rings. The Morgan fingerprint density at radius 1 is 1.24 bits per heavy atom. The number of hydrogen-bond donors (Lipinski definition) is 1. The molecule has 1 aliphatic heterocycles. The molecule has 2 heterocycles. The number of benzene rings is 1. The highest BCUT2D eigenvalue weighted by Crippen LogP contribution is 2.26. The Kier molecular flexibility index (Phi) is 3.98. The molecule has 0 atom stereocenters. The molecule has 1 aliphatic rings. The van der Waals surface area contributed by atoms with Crippen molar-refractivity contribution in [1.82, 2.24) is 4.98 Å². The zero-order valence-electron chi connectivity index (χ0n) is 11.2. The van der Waals surface area contributed by atoms with E-state index < -0.39 is 5.97 Å². The number of anilines is 2. The van der Waals surface area contributed by atoms with Gasteiger partial charge in [-0.2, -0.15) is 0 Å². The summed E-state index contributed by atoms with van der Waals surface area (Å²) < 4.78 is 0. The van der Waals surface area contributed by atoms with Gasteiger partial charge >= 0.3 is 5.97 Å². The van der Waals surface area contributed by atoms with Gasteiger partial charge in [0.25, 0.3) is 0 Å². The van der Waals surface area contributed by atoms with Crippen molar-refractivity contribution >= 4 is 39.7 Å². The number of carbonyl (C=O) groups is 1.